The minimum absolute atomic E-state index is 0. The van der Waals surface area contributed by atoms with E-state index in [1.54, 1.807) is 6.92 Å². The molecule has 0 aliphatic carbocycles. The van der Waals surface area contributed by atoms with Gasteiger partial charge in [0.1, 0.15) is 0 Å². The van der Waals surface area contributed by atoms with Crippen molar-refractivity contribution in [1.82, 2.24) is 5.32 Å². The molecule has 12 heavy (non-hydrogen) atoms. The first-order valence-corrected chi connectivity index (χ1v) is 4.51. The molecule has 0 aromatic heterocycles. The maximum absolute atomic E-state index is 10.3. The Morgan fingerprint density at radius 3 is 2.17 bits per heavy atom. The largest absolute Gasteiger partial charge is 0.356 e. The smallest absolute Gasteiger partial charge is 0.216 e. The lowest BCUT2D eigenvalue weighted by molar-refractivity contribution is -0.118. The van der Waals surface area contributed by atoms with Crippen LogP contribution in [-0.2, 0) is 4.79 Å². The minimum atomic E-state index is 0. The van der Waals surface area contributed by atoms with Crippen LogP contribution in [0.25, 0.3) is 0 Å². The van der Waals surface area contributed by atoms with Crippen molar-refractivity contribution in [3.8, 4) is 0 Å². The van der Waals surface area contributed by atoms with Crippen LogP contribution >= 0.6 is 24.0 Å². The number of carbonyl (C=O) groups is 1. The van der Waals surface area contributed by atoms with Crippen molar-refractivity contribution in [2.75, 3.05) is 6.54 Å². The molecule has 0 aromatic carbocycles. The molecule has 78 valence electrons. The fourth-order valence-electron chi connectivity index (χ4n) is 0.639. The van der Waals surface area contributed by atoms with E-state index in [0.717, 1.165) is 13.0 Å². The van der Waals surface area contributed by atoms with Crippen molar-refractivity contribution in [3.63, 3.8) is 0 Å². The topological polar surface area (TPSA) is 29.1 Å². The first kappa shape index (κ1) is 18.1. The predicted molar refractivity (Wildman–Crippen MR) is 67.1 cm³/mol. The Morgan fingerprint density at radius 2 is 1.83 bits per heavy atom. The van der Waals surface area contributed by atoms with Gasteiger partial charge in [0.2, 0.25) is 5.91 Å². The molecule has 0 unspecified atom stereocenters. The summed E-state index contributed by atoms with van der Waals surface area (Å²) >= 11 is 0. The summed E-state index contributed by atoms with van der Waals surface area (Å²) in [5.41, 5.74) is 0. The van der Waals surface area contributed by atoms with E-state index in [1.807, 2.05) is 13.8 Å². The SMILES string of the molecule is CC.CCCCCNC(C)=O.I.[HH]. The summed E-state index contributed by atoms with van der Waals surface area (Å²) < 4.78 is 0. The zero-order valence-corrected chi connectivity index (χ0v) is 11.0. The van der Waals surface area contributed by atoms with Gasteiger partial charge in [-0.1, -0.05) is 33.6 Å². The Balaban J connectivity index is -0.0000000941. The molecule has 1 amide bonds. The molecule has 1 N–H and O–H groups in total. The van der Waals surface area contributed by atoms with Crippen LogP contribution in [-0.4, -0.2) is 12.5 Å². The van der Waals surface area contributed by atoms with Crippen molar-refractivity contribution in [2.45, 2.75) is 47.0 Å². The molecule has 0 saturated carbocycles. The molecule has 0 heterocycles. The summed E-state index contributed by atoms with van der Waals surface area (Å²) in [6.45, 7) is 8.53. The van der Waals surface area contributed by atoms with E-state index in [2.05, 4.69) is 12.2 Å². The average molecular weight is 289 g/mol. The quantitative estimate of drug-likeness (QED) is 0.625. The monoisotopic (exact) mass is 289 g/mol. The van der Waals surface area contributed by atoms with Crippen molar-refractivity contribution < 1.29 is 6.22 Å². The number of amides is 1. The van der Waals surface area contributed by atoms with Gasteiger partial charge in [0.15, 0.2) is 0 Å². The molecule has 0 saturated heterocycles. The highest BCUT2D eigenvalue weighted by atomic mass is 127. The van der Waals surface area contributed by atoms with Gasteiger partial charge >= 0.3 is 0 Å². The van der Waals surface area contributed by atoms with Gasteiger partial charge in [-0.15, -0.1) is 24.0 Å². The van der Waals surface area contributed by atoms with Gasteiger partial charge in [-0.05, 0) is 6.42 Å². The number of nitrogens with one attached hydrogen (secondary N) is 1. The third kappa shape index (κ3) is 22.5. The van der Waals surface area contributed by atoms with Crippen LogP contribution in [0.4, 0.5) is 0 Å². The number of hydrogen-bond donors (Lipinski definition) is 1. The summed E-state index contributed by atoms with van der Waals surface area (Å²) in [5.74, 6) is 0.0751. The van der Waals surface area contributed by atoms with Gasteiger partial charge in [-0.3, -0.25) is 4.79 Å². The lowest BCUT2D eigenvalue weighted by Gasteiger charge is -1.98. The van der Waals surface area contributed by atoms with Crippen LogP contribution in [0.3, 0.4) is 0 Å². The highest BCUT2D eigenvalue weighted by molar-refractivity contribution is 14.0. The first-order chi connectivity index (χ1) is 5.27. The van der Waals surface area contributed by atoms with Crippen molar-refractivity contribution in [2.24, 2.45) is 0 Å². The summed E-state index contributed by atoms with van der Waals surface area (Å²) in [6, 6.07) is 0. The molecule has 0 rings (SSSR count). The Kier molecular flexibility index (Phi) is 26.1. The van der Waals surface area contributed by atoms with Crippen molar-refractivity contribution in [3.05, 3.63) is 0 Å². The van der Waals surface area contributed by atoms with Crippen LogP contribution in [0.2, 0.25) is 0 Å². The Morgan fingerprint density at radius 1 is 1.33 bits per heavy atom. The second kappa shape index (κ2) is 17.3. The van der Waals surface area contributed by atoms with Gasteiger partial charge in [0.05, 0.1) is 0 Å². The molecule has 3 heteroatoms. The third-order valence-corrected chi connectivity index (χ3v) is 1.15. The molecule has 0 spiro atoms. The van der Waals surface area contributed by atoms with Crippen LogP contribution in [0.15, 0.2) is 0 Å². The number of carbonyl (C=O) groups excluding carboxylic acids is 1. The fraction of sp³-hybridized carbons (Fsp3) is 0.889. The summed E-state index contributed by atoms with van der Waals surface area (Å²) in [6.07, 6.45) is 3.52. The number of hydrogen-bond acceptors (Lipinski definition) is 1. The van der Waals surface area contributed by atoms with Crippen LogP contribution in [0.5, 0.6) is 0 Å². The predicted octanol–water partition coefficient (Wildman–Crippen LogP) is 3.20. The number of rotatable bonds is 4. The summed E-state index contributed by atoms with van der Waals surface area (Å²) in [5, 5.41) is 2.74. The summed E-state index contributed by atoms with van der Waals surface area (Å²) in [7, 11) is 0. The Labute approximate surface area is 95.0 Å². The molecule has 0 aliphatic rings. The van der Waals surface area contributed by atoms with Gasteiger partial charge in [-0.25, -0.2) is 0 Å². The van der Waals surface area contributed by atoms with Gasteiger partial charge < -0.3 is 5.32 Å². The normalized spacial score (nSPS) is 7.33. The molecule has 0 fully saturated rings. The maximum Gasteiger partial charge on any atom is 0.216 e. The van der Waals surface area contributed by atoms with Gasteiger partial charge in [-0.2, -0.15) is 0 Å². The maximum atomic E-state index is 10.3. The first-order valence-electron chi connectivity index (χ1n) is 4.51. The Bertz CT molecular complexity index is 91.7. The lowest BCUT2D eigenvalue weighted by Crippen LogP contribution is -2.20. The van der Waals surface area contributed by atoms with Crippen LogP contribution < -0.4 is 5.32 Å². The number of unbranched alkanes of at least 4 members (excludes halogenated alkanes) is 2. The Hall–Kier alpha value is 0.200. The lowest BCUT2D eigenvalue weighted by atomic mass is 10.2. The molecular formula is C9H24INO. The molecule has 0 aromatic rings. The standard InChI is InChI=1S/C7H15NO.C2H6.HI.H2/c1-3-4-5-6-8-7(2)9;1-2;;/h3-6H2,1-2H3,(H,8,9);1-2H3;2*1H. The van der Waals surface area contributed by atoms with E-state index >= 15 is 0 Å². The number of halogens is 1. The van der Waals surface area contributed by atoms with E-state index in [0.29, 0.717) is 0 Å². The van der Waals surface area contributed by atoms with Gasteiger partial charge in [0.25, 0.3) is 0 Å². The minimum Gasteiger partial charge on any atom is -0.356 e. The molecule has 0 aliphatic heterocycles. The average Bonchev–Trinajstić information content (AvgIpc) is 2.02. The highest BCUT2D eigenvalue weighted by Gasteiger charge is 1.87. The van der Waals surface area contributed by atoms with Crippen molar-refractivity contribution >= 4 is 29.9 Å². The fourth-order valence-corrected chi connectivity index (χ4v) is 0.639. The molecule has 0 atom stereocenters. The second-order valence-corrected chi connectivity index (χ2v) is 2.19. The molecule has 0 bridgehead atoms. The van der Waals surface area contributed by atoms with E-state index in [9.17, 15) is 4.79 Å². The zero-order chi connectivity index (χ0) is 9.11. The molecule has 0 radical (unpaired) electrons. The van der Waals surface area contributed by atoms with Gasteiger partial charge in [0, 0.05) is 14.9 Å². The molecular weight excluding hydrogens is 265 g/mol. The van der Waals surface area contributed by atoms with Crippen LogP contribution in [0.1, 0.15) is 48.4 Å². The molecule has 2 nitrogen and oxygen atoms in total. The van der Waals surface area contributed by atoms with Crippen molar-refractivity contribution in [1.29, 1.82) is 0 Å². The highest BCUT2D eigenvalue weighted by Crippen LogP contribution is 1.90. The van der Waals surface area contributed by atoms with E-state index < -0.39 is 0 Å². The second-order valence-electron chi connectivity index (χ2n) is 2.19. The zero-order valence-electron chi connectivity index (χ0n) is 8.64. The van der Waals surface area contributed by atoms with Crippen LogP contribution in [0, 0.1) is 0 Å². The third-order valence-electron chi connectivity index (χ3n) is 1.15. The van der Waals surface area contributed by atoms with E-state index in [1.165, 1.54) is 12.8 Å². The van der Waals surface area contributed by atoms with E-state index in [-0.39, 0.29) is 31.3 Å². The summed E-state index contributed by atoms with van der Waals surface area (Å²) in [4.78, 5) is 10.3. The van der Waals surface area contributed by atoms with E-state index in [4.69, 9.17) is 0 Å².